The van der Waals surface area contributed by atoms with E-state index in [2.05, 4.69) is 0 Å². The first-order valence-corrected chi connectivity index (χ1v) is 13.8. The Hall–Kier alpha value is -3.59. The van der Waals surface area contributed by atoms with E-state index in [0.717, 1.165) is 5.56 Å². The van der Waals surface area contributed by atoms with Crippen LogP contribution in [0, 0.1) is 0 Å². The van der Waals surface area contributed by atoms with Crippen molar-refractivity contribution in [2.75, 3.05) is 106 Å². The second kappa shape index (κ2) is 18.8. The van der Waals surface area contributed by atoms with Crippen LogP contribution in [0.15, 0.2) is 30.3 Å². The number of hydrogen-bond donors (Lipinski definition) is 1. The molecule has 0 aromatic heterocycles. The van der Waals surface area contributed by atoms with Gasteiger partial charge in [-0.1, -0.05) is 30.3 Å². The molecule has 1 heterocycles. The predicted octanol–water partition coefficient (Wildman–Crippen LogP) is -1.16. The first-order chi connectivity index (χ1) is 20.1. The molecule has 1 aromatic rings. The lowest BCUT2D eigenvalue weighted by Crippen LogP contribution is -2.50. The number of benzene rings is 1. The van der Waals surface area contributed by atoms with Crippen LogP contribution in [-0.4, -0.2) is 166 Å². The molecule has 42 heavy (non-hydrogen) atoms. The van der Waals surface area contributed by atoms with Crippen LogP contribution in [0.1, 0.15) is 5.56 Å². The maximum atomic E-state index is 13.4. The smallest absolute Gasteiger partial charge is 0.323 e. The van der Waals surface area contributed by atoms with Crippen molar-refractivity contribution in [3.63, 3.8) is 0 Å². The zero-order chi connectivity index (χ0) is 30.9. The van der Waals surface area contributed by atoms with Gasteiger partial charge in [-0.15, -0.1) is 0 Å². The van der Waals surface area contributed by atoms with Gasteiger partial charge in [0.2, 0.25) is 5.91 Å². The van der Waals surface area contributed by atoms with Gasteiger partial charge in [-0.3, -0.25) is 43.6 Å². The Balaban J connectivity index is 2.25. The van der Waals surface area contributed by atoms with Gasteiger partial charge in [0.05, 0.1) is 47.5 Å². The van der Waals surface area contributed by atoms with Gasteiger partial charge in [-0.25, -0.2) is 0 Å². The highest BCUT2D eigenvalue weighted by Gasteiger charge is 2.24. The van der Waals surface area contributed by atoms with Crippen LogP contribution in [0.3, 0.4) is 0 Å². The average molecular weight is 594 g/mol. The summed E-state index contributed by atoms with van der Waals surface area (Å²) in [5.74, 6) is -2.69. The van der Waals surface area contributed by atoms with Crippen LogP contribution in [0.2, 0.25) is 0 Å². The van der Waals surface area contributed by atoms with Gasteiger partial charge < -0.3 is 24.2 Å². The molecule has 0 spiro atoms. The Morgan fingerprint density at radius 2 is 1.00 bits per heavy atom. The summed E-state index contributed by atoms with van der Waals surface area (Å²) in [6.45, 7) is 3.11. The van der Waals surface area contributed by atoms with Crippen molar-refractivity contribution >= 4 is 29.8 Å². The lowest BCUT2D eigenvalue weighted by molar-refractivity contribution is -0.145. The minimum Gasteiger partial charge on any atom is -0.480 e. The standard InChI is InChI=1S/C28H43N5O9/c1-40-26(37)20-30-11-9-29(18-24(34)33(19-25(35)36)17-23-7-5-4-6-8-23)10-12-31(21-27(38)41-2)14-16-32(15-13-30)22-28(39)42-3/h4-8H,9-22H2,1-3H3,(H,35,36). The van der Waals surface area contributed by atoms with E-state index in [0.29, 0.717) is 52.4 Å². The summed E-state index contributed by atoms with van der Waals surface area (Å²) in [7, 11) is 3.94. The van der Waals surface area contributed by atoms with Crippen molar-refractivity contribution < 1.29 is 43.3 Å². The Labute approximate surface area is 246 Å². The van der Waals surface area contributed by atoms with Gasteiger partial charge in [0.25, 0.3) is 0 Å². The van der Waals surface area contributed by atoms with Crippen LogP contribution >= 0.6 is 0 Å². The highest BCUT2D eigenvalue weighted by atomic mass is 16.5. The molecule has 0 bridgehead atoms. The van der Waals surface area contributed by atoms with Crippen LogP contribution in [0.5, 0.6) is 0 Å². The van der Waals surface area contributed by atoms with Crippen molar-refractivity contribution in [2.24, 2.45) is 0 Å². The third-order valence-corrected chi connectivity index (χ3v) is 6.92. The third-order valence-electron chi connectivity index (χ3n) is 6.92. The minimum atomic E-state index is -1.11. The fraction of sp³-hybridized carbons (Fsp3) is 0.607. The fourth-order valence-electron chi connectivity index (χ4n) is 4.44. The Morgan fingerprint density at radius 1 is 0.643 bits per heavy atom. The Morgan fingerprint density at radius 3 is 1.33 bits per heavy atom. The molecule has 14 heteroatoms. The number of methoxy groups -OCH3 is 3. The molecule has 14 nitrogen and oxygen atoms in total. The molecule has 234 valence electrons. The molecular weight excluding hydrogens is 550 g/mol. The van der Waals surface area contributed by atoms with Crippen LogP contribution < -0.4 is 0 Å². The quantitative estimate of drug-likeness (QED) is 0.230. The highest BCUT2D eigenvalue weighted by Crippen LogP contribution is 2.07. The number of hydrogen-bond acceptors (Lipinski definition) is 12. The molecule has 1 amide bonds. The van der Waals surface area contributed by atoms with E-state index >= 15 is 0 Å². The molecule has 1 saturated heterocycles. The first-order valence-electron chi connectivity index (χ1n) is 13.8. The van der Waals surface area contributed by atoms with E-state index in [-0.39, 0.29) is 38.6 Å². The third kappa shape index (κ3) is 13.4. The summed E-state index contributed by atoms with van der Waals surface area (Å²) >= 11 is 0. The van der Waals surface area contributed by atoms with Crippen molar-refractivity contribution in [3.05, 3.63) is 35.9 Å². The number of carbonyl (C=O) groups excluding carboxylic acids is 4. The summed E-state index contributed by atoms with van der Waals surface area (Å²) < 4.78 is 14.6. The molecular formula is C28H43N5O9. The van der Waals surface area contributed by atoms with Crippen molar-refractivity contribution in [3.8, 4) is 0 Å². The fourth-order valence-corrected chi connectivity index (χ4v) is 4.44. The van der Waals surface area contributed by atoms with Gasteiger partial charge in [-0.2, -0.15) is 0 Å². The number of rotatable bonds is 12. The minimum absolute atomic E-state index is 0.0258. The average Bonchev–Trinajstić information content (AvgIpc) is 2.97. The number of aliphatic carboxylic acids is 1. The summed E-state index contributed by atoms with van der Waals surface area (Å²) in [4.78, 5) is 70.1. The first kappa shape index (κ1) is 34.6. The Kier molecular flexibility index (Phi) is 15.5. The topological polar surface area (TPSA) is 149 Å². The molecule has 0 aliphatic carbocycles. The van der Waals surface area contributed by atoms with E-state index in [9.17, 15) is 29.1 Å². The number of ether oxygens (including phenoxy) is 3. The number of nitrogens with zero attached hydrogens (tertiary/aromatic N) is 5. The van der Waals surface area contributed by atoms with Crippen LogP contribution in [-0.2, 0) is 44.7 Å². The molecule has 2 rings (SSSR count). The largest absolute Gasteiger partial charge is 0.480 e. The van der Waals surface area contributed by atoms with Crippen LogP contribution in [0.4, 0.5) is 0 Å². The molecule has 0 unspecified atom stereocenters. The zero-order valence-corrected chi connectivity index (χ0v) is 24.7. The maximum absolute atomic E-state index is 13.4. The molecule has 1 aromatic carbocycles. The van der Waals surface area contributed by atoms with E-state index in [1.165, 1.54) is 26.2 Å². The SMILES string of the molecule is COC(=O)CN1CCN(CC(=O)OC)CCN(CC(=O)N(CC(=O)O)Cc2ccccc2)CCN(CC(=O)OC)CC1. The van der Waals surface area contributed by atoms with Gasteiger partial charge in [0, 0.05) is 58.9 Å². The van der Waals surface area contributed by atoms with Gasteiger partial charge in [0.15, 0.2) is 0 Å². The van der Waals surface area contributed by atoms with Gasteiger partial charge >= 0.3 is 23.9 Å². The van der Waals surface area contributed by atoms with E-state index < -0.39 is 30.4 Å². The molecule has 1 N–H and O–H groups in total. The molecule has 0 atom stereocenters. The summed E-state index contributed by atoms with van der Waals surface area (Å²) in [6, 6.07) is 9.16. The second-order valence-corrected chi connectivity index (χ2v) is 9.96. The van der Waals surface area contributed by atoms with Crippen molar-refractivity contribution in [1.82, 2.24) is 24.5 Å². The molecule has 1 aliphatic heterocycles. The molecule has 1 fully saturated rings. The molecule has 0 saturated carbocycles. The molecule has 1 aliphatic rings. The highest BCUT2D eigenvalue weighted by molar-refractivity contribution is 5.82. The van der Waals surface area contributed by atoms with E-state index in [1.54, 1.807) is 0 Å². The summed E-state index contributed by atoms with van der Waals surface area (Å²) in [6.07, 6.45) is 0. The number of amides is 1. The second-order valence-electron chi connectivity index (χ2n) is 9.96. The summed E-state index contributed by atoms with van der Waals surface area (Å²) in [5.41, 5.74) is 0.811. The van der Waals surface area contributed by atoms with Gasteiger partial charge in [0.1, 0.15) is 6.54 Å². The lowest BCUT2D eigenvalue weighted by atomic mass is 10.2. The lowest BCUT2D eigenvalue weighted by Gasteiger charge is -2.34. The predicted molar refractivity (Wildman–Crippen MR) is 151 cm³/mol. The van der Waals surface area contributed by atoms with Crippen molar-refractivity contribution in [1.29, 1.82) is 0 Å². The normalized spacial score (nSPS) is 16.5. The number of carboxylic acids is 1. The Bertz CT molecular complexity index is 992. The number of esters is 3. The monoisotopic (exact) mass is 593 g/mol. The summed E-state index contributed by atoms with van der Waals surface area (Å²) in [5, 5.41) is 9.46. The maximum Gasteiger partial charge on any atom is 0.323 e. The van der Waals surface area contributed by atoms with E-state index in [4.69, 9.17) is 14.2 Å². The molecule has 0 radical (unpaired) electrons. The van der Waals surface area contributed by atoms with E-state index in [1.807, 2.05) is 49.9 Å². The van der Waals surface area contributed by atoms with Crippen molar-refractivity contribution in [2.45, 2.75) is 6.54 Å². The number of carboxylic acid groups (broad SMARTS) is 1. The number of carbonyl (C=O) groups is 5. The van der Waals surface area contributed by atoms with Crippen LogP contribution in [0.25, 0.3) is 0 Å². The zero-order valence-electron chi connectivity index (χ0n) is 24.7. The van der Waals surface area contributed by atoms with Gasteiger partial charge in [-0.05, 0) is 5.56 Å².